The number of unbranched alkanes of at least 4 members (excludes halogenated alkanes) is 2. The molecule has 0 aromatic heterocycles. The van der Waals surface area contributed by atoms with Crippen LogP contribution in [0.2, 0.25) is 39.3 Å². The normalized spacial score (nSPS) is 11.5. The summed E-state index contributed by atoms with van der Waals surface area (Å²) in [6.45, 7) is 19.4. The van der Waals surface area contributed by atoms with Gasteiger partial charge in [-0.3, -0.25) is 0 Å². The SMILES string of the molecule is CCCCOc1ccc2cc(C#C[Si](C)(C)C)ccc2c1-c1c(OCCCC)ccc2cc(C#C[Si](C)(C)C)ccc12. The van der Waals surface area contributed by atoms with Crippen molar-refractivity contribution >= 4 is 37.7 Å². The molecule has 0 saturated carbocycles. The van der Waals surface area contributed by atoms with Gasteiger partial charge in [-0.05, 0) is 70.8 Å². The Labute approximate surface area is 255 Å². The summed E-state index contributed by atoms with van der Waals surface area (Å²) in [6, 6.07) is 21.8. The summed E-state index contributed by atoms with van der Waals surface area (Å²) in [5.41, 5.74) is 11.3. The third kappa shape index (κ3) is 8.31. The molecule has 42 heavy (non-hydrogen) atoms. The van der Waals surface area contributed by atoms with Gasteiger partial charge in [-0.15, -0.1) is 11.1 Å². The molecule has 0 atom stereocenters. The van der Waals surface area contributed by atoms with Crippen LogP contribution < -0.4 is 9.47 Å². The largest absolute Gasteiger partial charge is 0.493 e. The van der Waals surface area contributed by atoms with E-state index in [1.165, 1.54) is 0 Å². The Morgan fingerprint density at radius 2 is 0.952 bits per heavy atom. The van der Waals surface area contributed by atoms with E-state index in [0.29, 0.717) is 13.2 Å². The van der Waals surface area contributed by atoms with Crippen LogP contribution in [0.15, 0.2) is 60.7 Å². The molecule has 0 amide bonds. The predicted molar refractivity (Wildman–Crippen MR) is 188 cm³/mol. The monoisotopic (exact) mass is 590 g/mol. The number of benzene rings is 4. The highest BCUT2D eigenvalue weighted by molar-refractivity contribution is 6.84. The summed E-state index contributed by atoms with van der Waals surface area (Å²) in [5, 5.41) is 4.62. The van der Waals surface area contributed by atoms with Crippen molar-refractivity contribution in [2.24, 2.45) is 0 Å². The minimum atomic E-state index is -1.48. The maximum Gasteiger partial charge on any atom is 0.129 e. The standard InChI is InChI=1S/C38H46O2Si2/c1-9-11-23-39-35-19-15-31-27-29(21-25-41(3,4)5)13-17-33(31)37(35)38-34-18-14-30(22-26-42(6,7)8)28-32(34)16-20-36(38)40-24-12-10-2/h13-20,27-28H,9-12,23-24H2,1-8H3. The number of fused-ring (bicyclic) bond motifs is 2. The Morgan fingerprint density at radius 1 is 0.548 bits per heavy atom. The smallest absolute Gasteiger partial charge is 0.129 e. The predicted octanol–water partition coefficient (Wildman–Crippen LogP) is 10.5. The van der Waals surface area contributed by atoms with E-state index in [4.69, 9.17) is 9.47 Å². The first-order valence-corrected chi connectivity index (χ1v) is 22.4. The van der Waals surface area contributed by atoms with E-state index in [-0.39, 0.29) is 0 Å². The lowest BCUT2D eigenvalue weighted by Gasteiger charge is -2.20. The van der Waals surface area contributed by atoms with E-state index in [0.717, 1.165) is 81.0 Å². The average molecular weight is 591 g/mol. The van der Waals surface area contributed by atoms with Gasteiger partial charge in [-0.2, -0.15) is 0 Å². The molecule has 0 N–H and O–H groups in total. The fraction of sp³-hybridized carbons (Fsp3) is 0.368. The summed E-state index contributed by atoms with van der Waals surface area (Å²) >= 11 is 0. The molecule has 0 aliphatic heterocycles. The molecule has 0 aliphatic carbocycles. The van der Waals surface area contributed by atoms with Crippen LogP contribution in [0.25, 0.3) is 32.7 Å². The molecule has 4 rings (SSSR count). The van der Waals surface area contributed by atoms with Crippen molar-refractivity contribution in [1.29, 1.82) is 0 Å². The van der Waals surface area contributed by atoms with Gasteiger partial charge < -0.3 is 9.47 Å². The van der Waals surface area contributed by atoms with Crippen LogP contribution in [0.4, 0.5) is 0 Å². The Morgan fingerprint density at radius 3 is 1.31 bits per heavy atom. The lowest BCUT2D eigenvalue weighted by atomic mass is 9.91. The summed E-state index contributed by atoms with van der Waals surface area (Å²) < 4.78 is 13.0. The number of rotatable bonds is 9. The quantitative estimate of drug-likeness (QED) is 0.110. The van der Waals surface area contributed by atoms with E-state index in [2.05, 4.69) is 137 Å². The lowest BCUT2D eigenvalue weighted by Crippen LogP contribution is -2.16. The van der Waals surface area contributed by atoms with E-state index in [1.54, 1.807) is 0 Å². The van der Waals surface area contributed by atoms with Crippen molar-refractivity contribution in [3.63, 3.8) is 0 Å². The second-order valence-electron chi connectivity index (χ2n) is 13.2. The third-order valence-electron chi connectivity index (χ3n) is 6.89. The first-order valence-electron chi connectivity index (χ1n) is 15.4. The molecule has 2 nitrogen and oxygen atoms in total. The van der Waals surface area contributed by atoms with Crippen LogP contribution in [-0.2, 0) is 0 Å². The van der Waals surface area contributed by atoms with E-state index < -0.39 is 16.1 Å². The Balaban J connectivity index is 1.99. The first kappa shape index (κ1) is 31.5. The molecule has 0 aliphatic rings. The van der Waals surface area contributed by atoms with Gasteiger partial charge in [0.2, 0.25) is 0 Å². The zero-order chi connectivity index (χ0) is 30.3. The molecule has 0 bridgehead atoms. The van der Waals surface area contributed by atoms with Crippen LogP contribution in [0.5, 0.6) is 11.5 Å². The van der Waals surface area contributed by atoms with Crippen molar-refractivity contribution in [3.8, 4) is 45.6 Å². The highest BCUT2D eigenvalue weighted by atomic mass is 28.3. The highest BCUT2D eigenvalue weighted by Crippen LogP contribution is 2.46. The van der Waals surface area contributed by atoms with Gasteiger partial charge in [-0.1, -0.05) is 102 Å². The molecule has 218 valence electrons. The van der Waals surface area contributed by atoms with Crippen LogP contribution in [0.3, 0.4) is 0 Å². The second kappa shape index (κ2) is 13.7. The first-order chi connectivity index (χ1) is 20.0. The van der Waals surface area contributed by atoms with Crippen molar-refractivity contribution < 1.29 is 9.47 Å². The van der Waals surface area contributed by atoms with E-state index in [1.807, 2.05) is 0 Å². The summed E-state index contributed by atoms with van der Waals surface area (Å²) in [6.07, 6.45) is 4.19. The molecule has 4 aromatic carbocycles. The minimum absolute atomic E-state index is 0.683. The highest BCUT2D eigenvalue weighted by Gasteiger charge is 2.20. The molecule has 0 saturated heterocycles. The molecule has 0 unspecified atom stereocenters. The Bertz CT molecular complexity index is 1560. The Kier molecular flexibility index (Phi) is 10.3. The lowest BCUT2D eigenvalue weighted by molar-refractivity contribution is 0.306. The molecule has 4 aromatic rings. The van der Waals surface area contributed by atoms with Crippen molar-refractivity contribution in [1.82, 2.24) is 0 Å². The van der Waals surface area contributed by atoms with Gasteiger partial charge in [0.15, 0.2) is 0 Å². The molecule has 0 heterocycles. The van der Waals surface area contributed by atoms with Crippen molar-refractivity contribution in [3.05, 3.63) is 71.8 Å². The van der Waals surface area contributed by atoms with Crippen molar-refractivity contribution in [2.45, 2.75) is 78.8 Å². The second-order valence-corrected chi connectivity index (χ2v) is 22.7. The van der Waals surface area contributed by atoms with Crippen LogP contribution in [-0.4, -0.2) is 29.4 Å². The van der Waals surface area contributed by atoms with E-state index in [9.17, 15) is 0 Å². The van der Waals surface area contributed by atoms with Crippen LogP contribution in [0.1, 0.15) is 50.7 Å². The molecule has 4 heteroatoms. The average Bonchev–Trinajstić information content (AvgIpc) is 2.94. The fourth-order valence-corrected chi connectivity index (χ4v) is 5.74. The Hall–Kier alpha value is -3.45. The van der Waals surface area contributed by atoms with Gasteiger partial charge in [0, 0.05) is 22.3 Å². The molecule has 0 radical (unpaired) electrons. The summed E-state index contributed by atoms with van der Waals surface area (Å²) in [7, 11) is -2.96. The minimum Gasteiger partial charge on any atom is -0.493 e. The van der Waals surface area contributed by atoms with Gasteiger partial charge in [-0.25, -0.2) is 0 Å². The number of ether oxygens (including phenoxy) is 2. The number of hydrogen-bond acceptors (Lipinski definition) is 2. The van der Waals surface area contributed by atoms with Gasteiger partial charge in [0.1, 0.15) is 27.6 Å². The maximum absolute atomic E-state index is 6.50. The zero-order valence-corrected chi connectivity index (χ0v) is 28.8. The molecular weight excluding hydrogens is 545 g/mol. The van der Waals surface area contributed by atoms with Gasteiger partial charge in [0.25, 0.3) is 0 Å². The molecule has 0 fully saturated rings. The van der Waals surface area contributed by atoms with Gasteiger partial charge in [0.05, 0.1) is 13.2 Å². The molecule has 0 spiro atoms. The van der Waals surface area contributed by atoms with Crippen molar-refractivity contribution in [2.75, 3.05) is 13.2 Å². The maximum atomic E-state index is 6.50. The zero-order valence-electron chi connectivity index (χ0n) is 26.8. The topological polar surface area (TPSA) is 18.5 Å². The van der Waals surface area contributed by atoms with Gasteiger partial charge >= 0.3 is 0 Å². The molecular formula is C38H46O2Si2. The van der Waals surface area contributed by atoms with Crippen LogP contribution >= 0.6 is 0 Å². The summed E-state index contributed by atoms with van der Waals surface area (Å²) in [4.78, 5) is 0. The third-order valence-corrected chi connectivity index (χ3v) is 8.64. The number of hydrogen-bond donors (Lipinski definition) is 0. The summed E-state index contributed by atoms with van der Waals surface area (Å²) in [5.74, 6) is 8.68. The fourth-order valence-electron chi connectivity index (χ4n) is 4.70. The van der Waals surface area contributed by atoms with E-state index >= 15 is 0 Å². The van der Waals surface area contributed by atoms with Crippen LogP contribution in [0, 0.1) is 22.9 Å².